The first-order valence-electron chi connectivity index (χ1n) is 5.59. The molecular weight excluding hydrogens is 293 g/mol. The summed E-state index contributed by atoms with van der Waals surface area (Å²) in [6.07, 6.45) is -4.00. The second-order valence-electron chi connectivity index (χ2n) is 4.40. The van der Waals surface area contributed by atoms with Crippen LogP contribution in [0.15, 0.2) is 24.4 Å². The van der Waals surface area contributed by atoms with Gasteiger partial charge in [0.15, 0.2) is 0 Å². The first kappa shape index (κ1) is 14.6. The van der Waals surface area contributed by atoms with Gasteiger partial charge in [0.25, 0.3) is 5.78 Å². The minimum atomic E-state index is -4.94. The van der Waals surface area contributed by atoms with E-state index in [9.17, 15) is 18.0 Å². The van der Waals surface area contributed by atoms with Crippen LogP contribution in [0.5, 0.6) is 0 Å². The fourth-order valence-corrected chi connectivity index (χ4v) is 2.12. The molecule has 1 aromatic heterocycles. The molecule has 106 valence electrons. The molecule has 1 heterocycles. The molecule has 0 radical (unpaired) electrons. The number of pyridine rings is 1. The Morgan fingerprint density at radius 1 is 1.30 bits per heavy atom. The summed E-state index contributed by atoms with van der Waals surface area (Å²) in [5, 5.41) is 0.860. The van der Waals surface area contributed by atoms with Gasteiger partial charge in [-0.15, -0.1) is 0 Å². The van der Waals surface area contributed by atoms with E-state index in [0.29, 0.717) is 15.9 Å². The average Bonchev–Trinajstić information content (AvgIpc) is 2.34. The van der Waals surface area contributed by atoms with E-state index < -0.39 is 17.5 Å². The summed E-state index contributed by atoms with van der Waals surface area (Å²) in [5.41, 5.74) is 0.131. The lowest BCUT2D eigenvalue weighted by Crippen LogP contribution is -2.25. The van der Waals surface area contributed by atoms with Gasteiger partial charge in [0.2, 0.25) is 0 Å². The maximum Gasteiger partial charge on any atom is 0.455 e. The molecule has 0 saturated heterocycles. The largest absolute Gasteiger partial charge is 0.455 e. The maximum atomic E-state index is 12.6. The van der Waals surface area contributed by atoms with Crippen LogP contribution in [0.3, 0.4) is 0 Å². The number of alkyl halides is 3. The van der Waals surface area contributed by atoms with Crippen molar-refractivity contribution in [2.45, 2.75) is 6.18 Å². The smallest absolute Gasteiger partial charge is 0.376 e. The summed E-state index contributed by atoms with van der Waals surface area (Å²) >= 11 is 5.82. The van der Waals surface area contributed by atoms with Crippen LogP contribution in [0.4, 0.5) is 18.9 Å². The second kappa shape index (κ2) is 4.94. The second-order valence-corrected chi connectivity index (χ2v) is 4.84. The number of anilines is 1. The lowest BCUT2D eigenvalue weighted by molar-refractivity contribution is -0.0884. The van der Waals surface area contributed by atoms with Crippen LogP contribution in [0.2, 0.25) is 5.02 Å². The molecule has 0 aliphatic rings. The molecule has 0 aliphatic carbocycles. The quantitative estimate of drug-likeness (QED) is 0.793. The van der Waals surface area contributed by atoms with Crippen LogP contribution in [0.25, 0.3) is 10.9 Å². The van der Waals surface area contributed by atoms with Gasteiger partial charge in [0, 0.05) is 30.7 Å². The van der Waals surface area contributed by atoms with Gasteiger partial charge < -0.3 is 4.90 Å². The number of rotatable bonds is 2. The lowest BCUT2D eigenvalue weighted by atomic mass is 10.1. The molecule has 0 N–H and O–H groups in total. The third-order valence-corrected chi connectivity index (χ3v) is 2.99. The third kappa shape index (κ3) is 2.56. The number of benzene rings is 1. The van der Waals surface area contributed by atoms with Gasteiger partial charge >= 0.3 is 6.18 Å². The Hall–Kier alpha value is -1.82. The molecule has 7 heteroatoms. The van der Waals surface area contributed by atoms with Gasteiger partial charge in [-0.25, -0.2) is 0 Å². The molecule has 0 spiro atoms. The Balaban J connectivity index is 2.77. The predicted molar refractivity (Wildman–Crippen MR) is 71.5 cm³/mol. The number of carbonyl (C=O) groups excluding carboxylic acids is 1. The third-order valence-electron chi connectivity index (χ3n) is 2.75. The Bertz CT molecular complexity index is 683. The first-order valence-corrected chi connectivity index (χ1v) is 5.96. The molecule has 0 amide bonds. The van der Waals surface area contributed by atoms with Crippen molar-refractivity contribution in [3.8, 4) is 0 Å². The highest BCUT2D eigenvalue weighted by Gasteiger charge is 2.41. The average molecular weight is 303 g/mol. The molecule has 0 atom stereocenters. The normalized spacial score (nSPS) is 11.7. The van der Waals surface area contributed by atoms with E-state index in [4.69, 9.17) is 11.6 Å². The number of ketones is 1. The molecule has 0 saturated carbocycles. The van der Waals surface area contributed by atoms with E-state index in [1.807, 2.05) is 0 Å². The topological polar surface area (TPSA) is 33.2 Å². The fraction of sp³-hybridized carbons (Fsp3) is 0.231. The van der Waals surface area contributed by atoms with Crippen LogP contribution < -0.4 is 4.90 Å². The minimum absolute atomic E-state index is 0.175. The number of Topliss-reactive ketones (excluding diaryl/α,β-unsaturated/α-hetero) is 1. The fourth-order valence-electron chi connectivity index (χ4n) is 1.95. The number of nitrogens with zero attached hydrogens (tertiary/aromatic N) is 2. The monoisotopic (exact) mass is 302 g/mol. The standard InChI is InChI=1S/C13H10ClF3N2O/c1-19(2)11-8-4-3-7(14)5-10(8)18-6-9(11)12(20)13(15,16)17/h3-6H,1-2H3. The van der Waals surface area contributed by atoms with Crippen molar-refractivity contribution in [2.24, 2.45) is 0 Å². The first-order chi connectivity index (χ1) is 9.21. The molecule has 0 unspecified atom stereocenters. The Morgan fingerprint density at radius 3 is 2.50 bits per heavy atom. The number of hydrogen-bond donors (Lipinski definition) is 0. The molecule has 0 fully saturated rings. The molecule has 2 aromatic rings. The minimum Gasteiger partial charge on any atom is -0.376 e. The van der Waals surface area contributed by atoms with Gasteiger partial charge in [0.1, 0.15) is 0 Å². The van der Waals surface area contributed by atoms with E-state index in [0.717, 1.165) is 6.20 Å². The van der Waals surface area contributed by atoms with Crippen molar-refractivity contribution in [3.05, 3.63) is 35.0 Å². The lowest BCUT2D eigenvalue weighted by Gasteiger charge is -2.19. The summed E-state index contributed by atoms with van der Waals surface area (Å²) in [4.78, 5) is 16.8. The van der Waals surface area contributed by atoms with Crippen molar-refractivity contribution in [3.63, 3.8) is 0 Å². The number of fused-ring (bicyclic) bond motifs is 1. The Labute approximate surface area is 118 Å². The molecule has 2 rings (SSSR count). The van der Waals surface area contributed by atoms with Crippen LogP contribution in [-0.2, 0) is 0 Å². The summed E-state index contributed by atoms with van der Waals surface area (Å²) in [5.74, 6) is -1.91. The van der Waals surface area contributed by atoms with E-state index in [2.05, 4.69) is 4.98 Å². The van der Waals surface area contributed by atoms with E-state index >= 15 is 0 Å². The molecule has 0 bridgehead atoms. The summed E-state index contributed by atoms with van der Waals surface area (Å²) in [6, 6.07) is 4.62. The van der Waals surface area contributed by atoms with Crippen LogP contribution in [0, 0.1) is 0 Å². The van der Waals surface area contributed by atoms with Crippen LogP contribution >= 0.6 is 11.6 Å². The van der Waals surface area contributed by atoms with E-state index in [-0.39, 0.29) is 5.69 Å². The number of hydrogen-bond acceptors (Lipinski definition) is 3. The molecule has 0 aliphatic heterocycles. The number of halogens is 4. The summed E-state index contributed by atoms with van der Waals surface area (Å²) in [6.45, 7) is 0. The van der Waals surface area contributed by atoms with Crippen LogP contribution in [-0.4, -0.2) is 31.0 Å². The highest BCUT2D eigenvalue weighted by molar-refractivity contribution is 6.31. The van der Waals surface area contributed by atoms with E-state index in [1.54, 1.807) is 26.2 Å². The molecule has 1 aromatic carbocycles. The predicted octanol–water partition coefficient (Wildman–Crippen LogP) is 3.70. The molecule has 20 heavy (non-hydrogen) atoms. The van der Waals surface area contributed by atoms with Crippen molar-refractivity contribution in [2.75, 3.05) is 19.0 Å². The highest BCUT2D eigenvalue weighted by Crippen LogP contribution is 2.33. The number of carbonyl (C=O) groups is 1. The van der Waals surface area contributed by atoms with Gasteiger partial charge in [0.05, 0.1) is 16.8 Å². The summed E-state index contributed by atoms with van der Waals surface area (Å²) in [7, 11) is 3.13. The molecule has 3 nitrogen and oxygen atoms in total. The van der Waals surface area contributed by atoms with Crippen molar-refractivity contribution >= 4 is 34.0 Å². The van der Waals surface area contributed by atoms with Gasteiger partial charge in [-0.2, -0.15) is 13.2 Å². The van der Waals surface area contributed by atoms with Crippen molar-refractivity contribution in [1.29, 1.82) is 0 Å². The molecular formula is C13H10ClF3N2O. The number of aromatic nitrogens is 1. The van der Waals surface area contributed by atoms with Gasteiger partial charge in [-0.05, 0) is 18.2 Å². The zero-order valence-electron chi connectivity index (χ0n) is 10.6. The zero-order chi connectivity index (χ0) is 15.1. The summed E-state index contributed by atoms with van der Waals surface area (Å²) < 4.78 is 37.9. The van der Waals surface area contributed by atoms with Gasteiger partial charge in [-0.3, -0.25) is 9.78 Å². The SMILES string of the molecule is CN(C)c1c(C(=O)C(F)(F)F)cnc2cc(Cl)ccc12. The van der Waals surface area contributed by atoms with Crippen molar-refractivity contribution in [1.82, 2.24) is 4.98 Å². The zero-order valence-corrected chi connectivity index (χ0v) is 11.4. The highest BCUT2D eigenvalue weighted by atomic mass is 35.5. The van der Waals surface area contributed by atoms with E-state index in [1.165, 1.54) is 11.0 Å². The van der Waals surface area contributed by atoms with Crippen molar-refractivity contribution < 1.29 is 18.0 Å². The van der Waals surface area contributed by atoms with Gasteiger partial charge in [-0.1, -0.05) is 11.6 Å². The maximum absolute atomic E-state index is 12.6. The van der Waals surface area contributed by atoms with Crippen LogP contribution in [0.1, 0.15) is 10.4 Å². The Morgan fingerprint density at radius 2 is 1.95 bits per heavy atom. The Kier molecular flexibility index (Phi) is 3.60.